The molecular weight excluding hydrogens is 154 g/mol. The van der Waals surface area contributed by atoms with Crippen molar-refractivity contribution in [3.8, 4) is 0 Å². The van der Waals surface area contributed by atoms with Crippen molar-refractivity contribution in [1.29, 1.82) is 0 Å². The van der Waals surface area contributed by atoms with E-state index in [1.54, 1.807) is 13.0 Å². The minimum absolute atomic E-state index is 0.852. The SMILES string of the molecule is CC1=CC(C)(C(=O)O)NC(C)=C1. The monoisotopic (exact) mass is 167 g/mol. The van der Waals surface area contributed by atoms with Crippen LogP contribution in [0.15, 0.2) is 23.4 Å². The van der Waals surface area contributed by atoms with Crippen molar-refractivity contribution < 1.29 is 9.90 Å². The van der Waals surface area contributed by atoms with Crippen molar-refractivity contribution in [3.05, 3.63) is 23.4 Å². The molecule has 1 aliphatic rings. The summed E-state index contributed by atoms with van der Waals surface area (Å²) in [5.74, 6) is -0.852. The number of carbonyl (C=O) groups is 1. The van der Waals surface area contributed by atoms with Crippen molar-refractivity contribution in [2.75, 3.05) is 0 Å². The first kappa shape index (κ1) is 8.84. The Morgan fingerprint density at radius 3 is 2.58 bits per heavy atom. The van der Waals surface area contributed by atoms with Crippen molar-refractivity contribution in [2.24, 2.45) is 0 Å². The van der Waals surface area contributed by atoms with Crippen LogP contribution in [-0.2, 0) is 4.79 Å². The van der Waals surface area contributed by atoms with E-state index in [9.17, 15) is 4.79 Å². The predicted molar refractivity (Wildman–Crippen MR) is 46.7 cm³/mol. The second-order valence-corrected chi connectivity index (χ2v) is 3.35. The van der Waals surface area contributed by atoms with E-state index in [4.69, 9.17) is 5.11 Å². The zero-order valence-corrected chi connectivity index (χ0v) is 7.51. The average molecular weight is 167 g/mol. The molecule has 3 nitrogen and oxygen atoms in total. The molecule has 0 spiro atoms. The molecule has 1 heterocycles. The minimum atomic E-state index is -0.942. The number of nitrogens with one attached hydrogen (secondary N) is 1. The number of dihydropyridines is 1. The van der Waals surface area contributed by atoms with E-state index >= 15 is 0 Å². The van der Waals surface area contributed by atoms with Gasteiger partial charge in [-0.25, -0.2) is 4.79 Å². The van der Waals surface area contributed by atoms with Gasteiger partial charge < -0.3 is 10.4 Å². The Bertz CT molecular complexity index is 278. The first-order chi connectivity index (χ1) is 5.44. The van der Waals surface area contributed by atoms with Gasteiger partial charge in [-0.05, 0) is 32.9 Å². The first-order valence-electron chi connectivity index (χ1n) is 3.83. The highest BCUT2D eigenvalue weighted by molar-refractivity contribution is 5.82. The number of hydrogen-bond acceptors (Lipinski definition) is 2. The van der Waals surface area contributed by atoms with Crippen molar-refractivity contribution in [1.82, 2.24) is 5.32 Å². The van der Waals surface area contributed by atoms with E-state index in [0.29, 0.717) is 0 Å². The zero-order chi connectivity index (χ0) is 9.35. The topological polar surface area (TPSA) is 49.3 Å². The van der Waals surface area contributed by atoms with Gasteiger partial charge in [0, 0.05) is 5.70 Å². The molecule has 0 aromatic carbocycles. The van der Waals surface area contributed by atoms with Crippen molar-refractivity contribution >= 4 is 5.97 Å². The second kappa shape index (κ2) is 2.66. The summed E-state index contributed by atoms with van der Waals surface area (Å²) in [6.07, 6.45) is 3.63. The lowest BCUT2D eigenvalue weighted by Crippen LogP contribution is -2.48. The van der Waals surface area contributed by atoms with Gasteiger partial charge in [0.2, 0.25) is 0 Å². The Morgan fingerprint density at radius 2 is 2.17 bits per heavy atom. The van der Waals surface area contributed by atoms with Crippen molar-refractivity contribution in [3.63, 3.8) is 0 Å². The van der Waals surface area contributed by atoms with Gasteiger partial charge in [-0.1, -0.05) is 5.57 Å². The maximum absolute atomic E-state index is 10.8. The third kappa shape index (κ3) is 1.49. The third-order valence-electron chi connectivity index (χ3n) is 1.86. The molecule has 0 saturated carbocycles. The average Bonchev–Trinajstić information content (AvgIpc) is 1.82. The Labute approximate surface area is 71.8 Å². The Morgan fingerprint density at radius 1 is 1.58 bits per heavy atom. The van der Waals surface area contributed by atoms with Crippen LogP contribution in [-0.4, -0.2) is 16.6 Å². The molecule has 0 bridgehead atoms. The molecule has 66 valence electrons. The normalized spacial score (nSPS) is 28.6. The fourth-order valence-corrected chi connectivity index (χ4v) is 1.44. The number of rotatable bonds is 1. The molecule has 1 unspecified atom stereocenters. The molecule has 0 radical (unpaired) electrons. The summed E-state index contributed by atoms with van der Waals surface area (Å²) in [6, 6.07) is 0. The van der Waals surface area contributed by atoms with Crippen LogP contribution < -0.4 is 5.32 Å². The van der Waals surface area contributed by atoms with Crippen LogP contribution in [0.4, 0.5) is 0 Å². The Hall–Kier alpha value is -1.25. The van der Waals surface area contributed by atoms with Crippen LogP contribution in [0.25, 0.3) is 0 Å². The van der Waals surface area contributed by atoms with Gasteiger partial charge in [0.05, 0.1) is 0 Å². The zero-order valence-electron chi connectivity index (χ0n) is 7.51. The molecule has 0 amide bonds. The van der Waals surface area contributed by atoms with Gasteiger partial charge >= 0.3 is 5.97 Å². The van der Waals surface area contributed by atoms with E-state index in [-0.39, 0.29) is 0 Å². The lowest BCUT2D eigenvalue weighted by atomic mass is 9.95. The molecule has 0 aromatic heterocycles. The number of aliphatic carboxylic acids is 1. The fraction of sp³-hybridized carbons (Fsp3) is 0.444. The van der Waals surface area contributed by atoms with E-state index in [1.807, 2.05) is 19.9 Å². The summed E-state index contributed by atoms with van der Waals surface area (Å²) < 4.78 is 0. The molecule has 1 rings (SSSR count). The molecular formula is C9H13NO2. The van der Waals surface area contributed by atoms with Gasteiger partial charge in [0.15, 0.2) is 5.54 Å². The molecule has 1 atom stereocenters. The van der Waals surface area contributed by atoms with Crippen LogP contribution in [0.2, 0.25) is 0 Å². The molecule has 0 fully saturated rings. The van der Waals surface area contributed by atoms with Crippen LogP contribution in [0.3, 0.4) is 0 Å². The summed E-state index contributed by atoms with van der Waals surface area (Å²) in [7, 11) is 0. The van der Waals surface area contributed by atoms with Crippen LogP contribution in [0.1, 0.15) is 20.8 Å². The maximum atomic E-state index is 10.8. The molecule has 0 aromatic rings. The van der Waals surface area contributed by atoms with Gasteiger partial charge in [0.25, 0.3) is 0 Å². The minimum Gasteiger partial charge on any atom is -0.479 e. The van der Waals surface area contributed by atoms with E-state index in [0.717, 1.165) is 11.3 Å². The Balaban J connectivity index is 3.00. The largest absolute Gasteiger partial charge is 0.479 e. The van der Waals surface area contributed by atoms with Gasteiger partial charge in [-0.3, -0.25) is 0 Å². The number of carboxylic acids is 1. The summed E-state index contributed by atoms with van der Waals surface area (Å²) >= 11 is 0. The highest BCUT2D eigenvalue weighted by atomic mass is 16.4. The lowest BCUT2D eigenvalue weighted by Gasteiger charge is -2.28. The Kier molecular flexibility index (Phi) is 1.96. The highest BCUT2D eigenvalue weighted by Crippen LogP contribution is 2.18. The maximum Gasteiger partial charge on any atom is 0.333 e. The van der Waals surface area contributed by atoms with Crippen LogP contribution in [0, 0.1) is 0 Å². The molecule has 12 heavy (non-hydrogen) atoms. The molecule has 2 N–H and O–H groups in total. The third-order valence-corrected chi connectivity index (χ3v) is 1.86. The second-order valence-electron chi connectivity index (χ2n) is 3.35. The standard InChI is InChI=1S/C9H13NO2/c1-6-4-7(2)10-9(3,5-6)8(11)12/h4-5,10H,1-3H3,(H,11,12). The molecule has 1 aliphatic heterocycles. The molecule has 0 aliphatic carbocycles. The number of allylic oxidation sites excluding steroid dienone is 3. The predicted octanol–water partition coefficient (Wildman–Crippen LogP) is 1.28. The number of carboxylic acid groups (broad SMARTS) is 1. The molecule has 3 heteroatoms. The van der Waals surface area contributed by atoms with E-state index < -0.39 is 11.5 Å². The first-order valence-corrected chi connectivity index (χ1v) is 3.83. The van der Waals surface area contributed by atoms with Gasteiger partial charge in [-0.15, -0.1) is 0 Å². The van der Waals surface area contributed by atoms with E-state index in [2.05, 4.69) is 5.32 Å². The van der Waals surface area contributed by atoms with Gasteiger partial charge in [0.1, 0.15) is 0 Å². The summed E-state index contributed by atoms with van der Waals surface area (Å²) in [5, 5.41) is 11.8. The van der Waals surface area contributed by atoms with Crippen molar-refractivity contribution in [2.45, 2.75) is 26.3 Å². The van der Waals surface area contributed by atoms with Gasteiger partial charge in [-0.2, -0.15) is 0 Å². The quantitative estimate of drug-likeness (QED) is 0.618. The van der Waals surface area contributed by atoms with Crippen LogP contribution in [0.5, 0.6) is 0 Å². The number of hydrogen-bond donors (Lipinski definition) is 2. The lowest BCUT2D eigenvalue weighted by molar-refractivity contribution is -0.141. The highest BCUT2D eigenvalue weighted by Gasteiger charge is 2.32. The summed E-state index contributed by atoms with van der Waals surface area (Å²) in [5.41, 5.74) is 0.930. The van der Waals surface area contributed by atoms with E-state index in [1.165, 1.54) is 0 Å². The fourth-order valence-electron chi connectivity index (χ4n) is 1.44. The summed E-state index contributed by atoms with van der Waals surface area (Å²) in [4.78, 5) is 10.8. The van der Waals surface area contributed by atoms with Crippen LogP contribution >= 0.6 is 0 Å². The molecule has 0 saturated heterocycles. The summed E-state index contributed by atoms with van der Waals surface area (Å²) in [6.45, 7) is 5.40. The smallest absolute Gasteiger partial charge is 0.333 e.